The zero-order chi connectivity index (χ0) is 12.4. The summed E-state index contributed by atoms with van der Waals surface area (Å²) in [4.78, 5) is 18.8. The molecule has 4 N–H and O–H groups in total. The van der Waals surface area contributed by atoms with Crippen molar-refractivity contribution < 1.29 is 4.79 Å². The average molecular weight is 255 g/mol. The Balaban J connectivity index is 2.28. The molecule has 2 rings (SSSR count). The van der Waals surface area contributed by atoms with E-state index in [1.807, 2.05) is 6.92 Å². The predicted octanol–water partition coefficient (Wildman–Crippen LogP) is 0.682. The van der Waals surface area contributed by atoms with Crippen LogP contribution in [0.25, 0.3) is 11.0 Å². The first-order valence-electron chi connectivity index (χ1n) is 4.97. The van der Waals surface area contributed by atoms with Gasteiger partial charge < -0.3 is 11.1 Å². The minimum Gasteiger partial charge on any atom is -0.370 e. The van der Waals surface area contributed by atoms with Gasteiger partial charge in [0.25, 0.3) is 0 Å². The molecule has 17 heavy (non-hydrogen) atoms. The highest BCUT2D eigenvalue weighted by Crippen LogP contribution is 2.20. The molecule has 0 fully saturated rings. The Morgan fingerprint density at radius 1 is 1.65 bits per heavy atom. The summed E-state index contributed by atoms with van der Waals surface area (Å²) in [7, 11) is 0. The minimum absolute atomic E-state index is 0.107. The van der Waals surface area contributed by atoms with Gasteiger partial charge in [0.15, 0.2) is 5.65 Å². The van der Waals surface area contributed by atoms with Crippen molar-refractivity contribution in [2.75, 3.05) is 5.32 Å². The highest BCUT2D eigenvalue weighted by Gasteiger charge is 2.12. The summed E-state index contributed by atoms with van der Waals surface area (Å²) in [5.74, 6) is 0.149. The van der Waals surface area contributed by atoms with Crippen molar-refractivity contribution >= 4 is 34.4 Å². The number of aromatic nitrogens is 4. The van der Waals surface area contributed by atoms with Crippen LogP contribution < -0.4 is 11.1 Å². The highest BCUT2D eigenvalue weighted by atomic mass is 35.5. The van der Waals surface area contributed by atoms with Crippen molar-refractivity contribution in [2.45, 2.75) is 19.4 Å². The van der Waals surface area contributed by atoms with Gasteiger partial charge in [-0.1, -0.05) is 0 Å². The van der Waals surface area contributed by atoms with Gasteiger partial charge in [0.1, 0.15) is 5.82 Å². The number of rotatable bonds is 4. The van der Waals surface area contributed by atoms with E-state index in [4.69, 9.17) is 17.3 Å². The van der Waals surface area contributed by atoms with E-state index in [0.717, 1.165) is 0 Å². The topological polar surface area (TPSA) is 110 Å². The lowest BCUT2D eigenvalue weighted by Gasteiger charge is -2.12. The highest BCUT2D eigenvalue weighted by molar-refractivity contribution is 6.28. The van der Waals surface area contributed by atoms with Crippen LogP contribution in [0, 0.1) is 0 Å². The van der Waals surface area contributed by atoms with Crippen molar-refractivity contribution in [1.29, 1.82) is 0 Å². The van der Waals surface area contributed by atoms with E-state index >= 15 is 0 Å². The van der Waals surface area contributed by atoms with Crippen LogP contribution in [0.15, 0.2) is 6.20 Å². The number of halogens is 1. The van der Waals surface area contributed by atoms with Crippen LogP contribution >= 0.6 is 11.6 Å². The fourth-order valence-electron chi connectivity index (χ4n) is 1.50. The Kier molecular flexibility index (Phi) is 3.10. The molecule has 1 amide bonds. The van der Waals surface area contributed by atoms with Crippen LogP contribution in [0.3, 0.4) is 0 Å². The zero-order valence-corrected chi connectivity index (χ0v) is 9.82. The number of aromatic amines is 1. The van der Waals surface area contributed by atoms with Gasteiger partial charge in [-0.15, -0.1) is 0 Å². The number of H-pyrrole nitrogens is 1. The Morgan fingerprint density at radius 3 is 3.12 bits per heavy atom. The normalized spacial score (nSPS) is 12.6. The van der Waals surface area contributed by atoms with Gasteiger partial charge >= 0.3 is 0 Å². The van der Waals surface area contributed by atoms with Gasteiger partial charge in [0.05, 0.1) is 11.6 Å². The lowest BCUT2D eigenvalue weighted by molar-refractivity contribution is -0.118. The number of anilines is 1. The first kappa shape index (κ1) is 11.6. The molecule has 2 aromatic rings. The number of carbonyl (C=O) groups is 1. The van der Waals surface area contributed by atoms with Crippen LogP contribution in [0.5, 0.6) is 0 Å². The number of hydrogen-bond donors (Lipinski definition) is 3. The number of carbonyl (C=O) groups excluding carboxylic acids is 1. The van der Waals surface area contributed by atoms with Crippen LogP contribution in [0.1, 0.15) is 13.3 Å². The Labute approximate surface area is 102 Å². The molecule has 0 aliphatic rings. The molecule has 0 aromatic carbocycles. The Hall–Kier alpha value is -1.89. The van der Waals surface area contributed by atoms with E-state index in [1.165, 1.54) is 0 Å². The van der Waals surface area contributed by atoms with Gasteiger partial charge in [0, 0.05) is 12.5 Å². The number of nitrogens with one attached hydrogen (secondary N) is 2. The summed E-state index contributed by atoms with van der Waals surface area (Å²) in [6.45, 7) is 1.83. The number of amides is 1. The van der Waals surface area contributed by atoms with Gasteiger partial charge in [-0.3, -0.25) is 9.89 Å². The second-order valence-electron chi connectivity index (χ2n) is 3.69. The molecular weight excluding hydrogens is 244 g/mol. The van der Waals surface area contributed by atoms with Crippen molar-refractivity contribution in [1.82, 2.24) is 20.2 Å². The molecule has 0 saturated carbocycles. The fourth-order valence-corrected chi connectivity index (χ4v) is 1.67. The standard InChI is InChI=1S/C9H11ClN6O/c1-4(2-6(11)17)13-7-5-3-12-16-8(5)15-9(10)14-7/h3-4H,2H2,1H3,(H2,11,17)(H2,12,13,14,15,16). The lowest BCUT2D eigenvalue weighted by atomic mass is 10.2. The molecule has 1 atom stereocenters. The number of fused-ring (bicyclic) bond motifs is 1. The molecular formula is C9H11ClN6O. The zero-order valence-electron chi connectivity index (χ0n) is 9.07. The van der Waals surface area contributed by atoms with Gasteiger partial charge in [-0.05, 0) is 18.5 Å². The monoisotopic (exact) mass is 254 g/mol. The summed E-state index contributed by atoms with van der Waals surface area (Å²) in [5.41, 5.74) is 5.65. The third kappa shape index (κ3) is 2.62. The molecule has 0 spiro atoms. The van der Waals surface area contributed by atoms with E-state index in [1.54, 1.807) is 6.20 Å². The third-order valence-electron chi connectivity index (χ3n) is 2.17. The Morgan fingerprint density at radius 2 is 2.41 bits per heavy atom. The molecule has 1 unspecified atom stereocenters. The van der Waals surface area contributed by atoms with Crippen LogP contribution in [0.4, 0.5) is 5.82 Å². The summed E-state index contributed by atoms with van der Waals surface area (Å²) in [5, 5.41) is 10.4. The second kappa shape index (κ2) is 4.54. The summed E-state index contributed by atoms with van der Waals surface area (Å²) >= 11 is 5.77. The maximum Gasteiger partial charge on any atom is 0.226 e. The lowest BCUT2D eigenvalue weighted by Crippen LogP contribution is -2.24. The van der Waals surface area contributed by atoms with Crippen LogP contribution in [-0.4, -0.2) is 32.1 Å². The maximum absolute atomic E-state index is 10.8. The fraction of sp³-hybridized carbons (Fsp3) is 0.333. The predicted molar refractivity (Wildman–Crippen MR) is 63.6 cm³/mol. The average Bonchev–Trinajstić information content (AvgIpc) is 2.63. The first-order chi connectivity index (χ1) is 8.06. The Bertz CT molecular complexity index is 553. The van der Waals surface area contributed by atoms with E-state index in [9.17, 15) is 4.79 Å². The van der Waals surface area contributed by atoms with E-state index < -0.39 is 0 Å². The van der Waals surface area contributed by atoms with Crippen molar-refractivity contribution in [3.05, 3.63) is 11.5 Å². The SMILES string of the molecule is CC(CC(N)=O)Nc1nc(Cl)nc2[nH]ncc12. The van der Waals surface area contributed by atoms with E-state index in [-0.39, 0.29) is 23.7 Å². The quantitative estimate of drug-likeness (QED) is 0.695. The third-order valence-corrected chi connectivity index (χ3v) is 2.34. The molecule has 2 aromatic heterocycles. The molecule has 7 nitrogen and oxygen atoms in total. The molecule has 2 heterocycles. The molecule has 0 saturated heterocycles. The van der Waals surface area contributed by atoms with E-state index in [2.05, 4.69) is 25.5 Å². The largest absolute Gasteiger partial charge is 0.370 e. The molecule has 8 heteroatoms. The molecule has 90 valence electrons. The number of nitrogens with zero attached hydrogens (tertiary/aromatic N) is 3. The maximum atomic E-state index is 10.8. The van der Waals surface area contributed by atoms with Crippen molar-refractivity contribution in [2.24, 2.45) is 5.73 Å². The number of primary amides is 1. The molecule has 0 aliphatic heterocycles. The van der Waals surface area contributed by atoms with Crippen LogP contribution in [-0.2, 0) is 4.79 Å². The molecule has 0 aliphatic carbocycles. The first-order valence-corrected chi connectivity index (χ1v) is 5.35. The number of nitrogens with two attached hydrogens (primary N) is 1. The van der Waals surface area contributed by atoms with Gasteiger partial charge in [-0.25, -0.2) is 0 Å². The summed E-state index contributed by atoms with van der Waals surface area (Å²) in [6, 6.07) is -0.142. The summed E-state index contributed by atoms with van der Waals surface area (Å²) < 4.78 is 0. The minimum atomic E-state index is -0.381. The second-order valence-corrected chi connectivity index (χ2v) is 4.03. The van der Waals surface area contributed by atoms with Crippen LogP contribution in [0.2, 0.25) is 5.28 Å². The smallest absolute Gasteiger partial charge is 0.226 e. The van der Waals surface area contributed by atoms with Crippen molar-refractivity contribution in [3.8, 4) is 0 Å². The number of hydrogen-bond acceptors (Lipinski definition) is 5. The summed E-state index contributed by atoms with van der Waals surface area (Å²) in [6.07, 6.45) is 1.80. The van der Waals surface area contributed by atoms with E-state index in [0.29, 0.717) is 16.9 Å². The van der Waals surface area contributed by atoms with Gasteiger partial charge in [-0.2, -0.15) is 15.1 Å². The van der Waals surface area contributed by atoms with Gasteiger partial charge in [0.2, 0.25) is 11.2 Å². The molecule has 0 radical (unpaired) electrons. The van der Waals surface area contributed by atoms with Crippen molar-refractivity contribution in [3.63, 3.8) is 0 Å². The molecule has 0 bridgehead atoms.